The van der Waals surface area contributed by atoms with E-state index in [2.05, 4.69) is 5.32 Å². The van der Waals surface area contributed by atoms with Crippen LogP contribution in [-0.2, 0) is 4.79 Å². The van der Waals surface area contributed by atoms with E-state index in [-0.39, 0.29) is 17.4 Å². The lowest BCUT2D eigenvalue weighted by Gasteiger charge is -2.28. The van der Waals surface area contributed by atoms with Crippen LogP contribution in [0.15, 0.2) is 59.8 Å². The van der Waals surface area contributed by atoms with Gasteiger partial charge in [0.1, 0.15) is 10.7 Å². The Kier molecular flexibility index (Phi) is 5.22. The molecule has 4 rings (SSSR count). The highest BCUT2D eigenvalue weighted by Gasteiger charge is 2.36. The van der Waals surface area contributed by atoms with Crippen LogP contribution in [0.5, 0.6) is 0 Å². The first-order valence-electron chi connectivity index (χ1n) is 9.24. The Labute approximate surface area is 182 Å². The van der Waals surface area contributed by atoms with Crippen molar-refractivity contribution in [3.05, 3.63) is 92.2 Å². The number of ketones is 2. The molecule has 0 saturated carbocycles. The predicted molar refractivity (Wildman–Crippen MR) is 119 cm³/mol. The van der Waals surface area contributed by atoms with Crippen LogP contribution in [0.1, 0.15) is 46.1 Å². The summed E-state index contributed by atoms with van der Waals surface area (Å²) in [7, 11) is 0. The van der Waals surface area contributed by atoms with E-state index in [1.165, 1.54) is 30.4 Å². The molecule has 2 heterocycles. The first-order valence-corrected chi connectivity index (χ1v) is 10.4. The van der Waals surface area contributed by atoms with Crippen molar-refractivity contribution < 1.29 is 14.0 Å². The van der Waals surface area contributed by atoms with Gasteiger partial charge in [0.25, 0.3) is 0 Å². The summed E-state index contributed by atoms with van der Waals surface area (Å²) in [6.07, 6.45) is 0. The summed E-state index contributed by atoms with van der Waals surface area (Å²) >= 11 is 7.18. The molecule has 152 valence electrons. The highest BCUT2D eigenvalue weighted by molar-refractivity contribution is 7.19. The van der Waals surface area contributed by atoms with E-state index in [9.17, 15) is 14.0 Å². The van der Waals surface area contributed by atoms with Crippen LogP contribution in [0.4, 0.5) is 15.1 Å². The van der Waals surface area contributed by atoms with Gasteiger partial charge in [-0.1, -0.05) is 23.7 Å². The topological polar surface area (TPSA) is 72.2 Å². The van der Waals surface area contributed by atoms with Gasteiger partial charge in [0.2, 0.25) is 5.78 Å². The molecular weight excluding hydrogens is 423 g/mol. The van der Waals surface area contributed by atoms with E-state index in [0.29, 0.717) is 43.0 Å². The van der Waals surface area contributed by atoms with Gasteiger partial charge in [0, 0.05) is 33.3 Å². The van der Waals surface area contributed by atoms with E-state index >= 15 is 0 Å². The Bertz CT molecular complexity index is 1200. The molecule has 2 aromatic carbocycles. The Morgan fingerprint density at radius 1 is 1.10 bits per heavy atom. The summed E-state index contributed by atoms with van der Waals surface area (Å²) in [5, 5.41) is 4.47. The molecule has 1 aliphatic rings. The van der Waals surface area contributed by atoms with Crippen molar-refractivity contribution in [3.8, 4) is 0 Å². The molecule has 0 radical (unpaired) electrons. The lowest BCUT2D eigenvalue weighted by Crippen LogP contribution is -2.21. The van der Waals surface area contributed by atoms with Crippen molar-refractivity contribution in [3.63, 3.8) is 0 Å². The highest BCUT2D eigenvalue weighted by Crippen LogP contribution is 2.50. The zero-order valence-corrected chi connectivity index (χ0v) is 17.8. The number of nitrogens with one attached hydrogen (secondary N) is 1. The molecule has 0 amide bonds. The maximum Gasteiger partial charge on any atom is 0.205 e. The Balaban J connectivity index is 1.88. The summed E-state index contributed by atoms with van der Waals surface area (Å²) in [6, 6.07) is 12.6. The molecule has 30 heavy (non-hydrogen) atoms. The van der Waals surface area contributed by atoms with Gasteiger partial charge in [-0.3, -0.25) is 9.59 Å². The fraction of sp³-hybridized carbons (Fsp3) is 0.130. The van der Waals surface area contributed by atoms with Crippen molar-refractivity contribution in [1.82, 2.24) is 0 Å². The van der Waals surface area contributed by atoms with Crippen LogP contribution < -0.4 is 11.1 Å². The van der Waals surface area contributed by atoms with Crippen LogP contribution in [0.3, 0.4) is 0 Å². The number of nitrogens with two attached hydrogens (primary N) is 1. The number of carbonyl (C=O) groups is 2. The maximum absolute atomic E-state index is 13.5. The minimum atomic E-state index is -0.484. The third-order valence-electron chi connectivity index (χ3n) is 5.16. The summed E-state index contributed by atoms with van der Waals surface area (Å²) in [5.74, 6) is -1.18. The Morgan fingerprint density at radius 2 is 1.73 bits per heavy atom. The van der Waals surface area contributed by atoms with E-state index in [1.807, 2.05) is 6.92 Å². The second-order valence-electron chi connectivity index (χ2n) is 7.13. The summed E-state index contributed by atoms with van der Waals surface area (Å²) < 4.78 is 13.5. The lowest BCUT2D eigenvalue weighted by molar-refractivity contribution is -0.113. The molecule has 0 unspecified atom stereocenters. The Hall–Kier alpha value is -2.96. The van der Waals surface area contributed by atoms with Crippen molar-refractivity contribution in [2.45, 2.75) is 19.8 Å². The average Bonchev–Trinajstić information content (AvgIpc) is 3.03. The van der Waals surface area contributed by atoms with Gasteiger partial charge in [0.15, 0.2) is 5.78 Å². The lowest BCUT2D eigenvalue weighted by atomic mass is 9.80. The van der Waals surface area contributed by atoms with E-state index in [0.717, 1.165) is 5.56 Å². The smallest absolute Gasteiger partial charge is 0.205 e. The molecule has 0 saturated heterocycles. The highest BCUT2D eigenvalue weighted by atomic mass is 35.5. The molecule has 0 aliphatic carbocycles. The molecule has 0 bridgehead atoms. The molecule has 1 aliphatic heterocycles. The minimum absolute atomic E-state index is 0.115. The van der Waals surface area contributed by atoms with E-state index < -0.39 is 5.92 Å². The minimum Gasteiger partial charge on any atom is -0.397 e. The number of hydrogen-bond donors (Lipinski definition) is 2. The second-order valence-corrected chi connectivity index (χ2v) is 8.59. The van der Waals surface area contributed by atoms with Crippen molar-refractivity contribution >= 4 is 45.2 Å². The number of benzene rings is 2. The van der Waals surface area contributed by atoms with Crippen molar-refractivity contribution in [1.29, 1.82) is 0 Å². The fourth-order valence-corrected chi connectivity index (χ4v) is 5.09. The third kappa shape index (κ3) is 3.42. The van der Waals surface area contributed by atoms with Crippen molar-refractivity contribution in [2.75, 3.05) is 11.1 Å². The van der Waals surface area contributed by atoms with Gasteiger partial charge >= 0.3 is 0 Å². The zero-order valence-electron chi connectivity index (χ0n) is 16.3. The standard InChI is InChI=1S/C23H18ClFN2O2S/c1-11-17(12(2)28)18(13-5-9-16(25)10-6-13)19-20(26)22(30-23(19)27-11)21(29)14-3-7-15(24)8-4-14/h3-10,18,27H,26H2,1-2H3/t18-/m1/s1. The van der Waals surface area contributed by atoms with Crippen LogP contribution in [-0.4, -0.2) is 11.6 Å². The zero-order chi connectivity index (χ0) is 21.6. The van der Waals surface area contributed by atoms with Crippen LogP contribution in [0, 0.1) is 5.82 Å². The largest absolute Gasteiger partial charge is 0.397 e. The van der Waals surface area contributed by atoms with Crippen molar-refractivity contribution in [2.24, 2.45) is 0 Å². The van der Waals surface area contributed by atoms with Crippen LogP contribution in [0.2, 0.25) is 5.02 Å². The Morgan fingerprint density at radius 3 is 2.33 bits per heavy atom. The summed E-state index contributed by atoms with van der Waals surface area (Å²) in [4.78, 5) is 26.0. The second kappa shape index (κ2) is 7.70. The molecule has 0 spiro atoms. The number of allylic oxidation sites excluding steroid dienone is 2. The fourth-order valence-electron chi connectivity index (χ4n) is 3.79. The first-order chi connectivity index (χ1) is 14.3. The molecule has 4 nitrogen and oxygen atoms in total. The number of carbonyl (C=O) groups excluding carboxylic acids is 2. The molecule has 3 aromatic rings. The molecule has 3 N–H and O–H groups in total. The van der Waals surface area contributed by atoms with E-state index in [4.69, 9.17) is 17.3 Å². The third-order valence-corrected chi connectivity index (χ3v) is 6.55. The van der Waals surface area contributed by atoms with E-state index in [1.54, 1.807) is 36.4 Å². The van der Waals surface area contributed by atoms with Crippen LogP contribution >= 0.6 is 22.9 Å². The normalized spacial score (nSPS) is 15.5. The average molecular weight is 441 g/mol. The summed E-state index contributed by atoms with van der Waals surface area (Å²) in [6.45, 7) is 3.30. The predicted octanol–water partition coefficient (Wildman–Crippen LogP) is 5.77. The van der Waals surface area contributed by atoms with Crippen LogP contribution in [0.25, 0.3) is 0 Å². The van der Waals surface area contributed by atoms with Gasteiger partial charge in [-0.05, 0) is 55.8 Å². The number of fused-ring (bicyclic) bond motifs is 1. The molecular formula is C23H18ClFN2O2S. The number of nitrogen functional groups attached to an aromatic ring is 1. The van der Waals surface area contributed by atoms with Gasteiger partial charge in [-0.2, -0.15) is 0 Å². The molecule has 1 atom stereocenters. The molecule has 1 aromatic heterocycles. The number of Topliss-reactive ketones (excluding diaryl/α,β-unsaturated/α-hetero) is 1. The van der Waals surface area contributed by atoms with Gasteiger partial charge < -0.3 is 11.1 Å². The van der Waals surface area contributed by atoms with Gasteiger partial charge in [-0.25, -0.2) is 4.39 Å². The number of thiophene rings is 1. The maximum atomic E-state index is 13.5. The monoisotopic (exact) mass is 440 g/mol. The van der Waals surface area contributed by atoms with Gasteiger partial charge in [0.05, 0.1) is 10.7 Å². The quantitative estimate of drug-likeness (QED) is 0.505. The number of hydrogen-bond acceptors (Lipinski definition) is 5. The number of rotatable bonds is 4. The summed E-state index contributed by atoms with van der Waals surface area (Å²) in [5.41, 5.74) is 9.90. The first kappa shape index (κ1) is 20.3. The van der Waals surface area contributed by atoms with Gasteiger partial charge in [-0.15, -0.1) is 11.3 Å². The SMILES string of the molecule is CC(=O)C1=C(C)Nc2sc(C(=O)c3ccc(Cl)cc3)c(N)c2[C@@H]1c1ccc(F)cc1. The molecule has 0 fully saturated rings. The number of anilines is 2. The number of halogens is 2. The molecule has 7 heteroatoms.